The zero-order valence-corrected chi connectivity index (χ0v) is 12.2. The van der Waals surface area contributed by atoms with Crippen LogP contribution in [0.15, 0.2) is 46.9 Å². The molecule has 0 unspecified atom stereocenters. The molecule has 0 heterocycles. The monoisotopic (exact) mass is 339 g/mol. The molecule has 0 saturated carbocycles. The summed E-state index contributed by atoms with van der Waals surface area (Å²) in [4.78, 5) is 11.9. The first kappa shape index (κ1) is 13.9. The second-order valence-corrected chi connectivity index (χ2v) is 5.30. The lowest BCUT2D eigenvalue weighted by Gasteiger charge is -2.06. The van der Waals surface area contributed by atoms with Crippen LogP contribution in [0.3, 0.4) is 0 Å². The summed E-state index contributed by atoms with van der Waals surface area (Å²) in [5, 5.41) is 12.2. The van der Waals surface area contributed by atoms with Crippen LogP contribution in [0.5, 0.6) is 5.75 Å². The third-order valence-electron chi connectivity index (χ3n) is 2.58. The zero-order valence-electron chi connectivity index (χ0n) is 9.86. The van der Waals surface area contributed by atoms with E-state index in [1.807, 2.05) is 24.3 Å². The van der Waals surface area contributed by atoms with E-state index in [9.17, 15) is 9.90 Å². The second kappa shape index (κ2) is 6.08. The first-order valence-corrected chi connectivity index (χ1v) is 6.74. The Morgan fingerprint density at radius 2 is 1.89 bits per heavy atom. The van der Waals surface area contributed by atoms with Crippen LogP contribution >= 0.6 is 27.5 Å². The first-order valence-electron chi connectivity index (χ1n) is 5.57. The standard InChI is InChI=1S/C14H11BrClNO2/c15-11-4-1-9(2-5-11)8-17-14(19)10-3-6-13(18)12(16)7-10/h1-7,18H,8H2,(H,17,19). The van der Waals surface area contributed by atoms with Crippen molar-refractivity contribution in [2.24, 2.45) is 0 Å². The molecule has 0 aromatic heterocycles. The van der Waals surface area contributed by atoms with Gasteiger partial charge in [-0.3, -0.25) is 4.79 Å². The summed E-state index contributed by atoms with van der Waals surface area (Å²) < 4.78 is 0.993. The van der Waals surface area contributed by atoms with Crippen molar-refractivity contribution in [3.05, 3.63) is 63.1 Å². The molecule has 5 heteroatoms. The molecular weight excluding hydrogens is 330 g/mol. The van der Waals surface area contributed by atoms with Crippen LogP contribution in [0, 0.1) is 0 Å². The summed E-state index contributed by atoms with van der Waals surface area (Å²) in [6.07, 6.45) is 0. The summed E-state index contributed by atoms with van der Waals surface area (Å²) in [6.45, 7) is 0.435. The Hall–Kier alpha value is -1.52. The summed E-state index contributed by atoms with van der Waals surface area (Å²) >= 11 is 9.11. The fourth-order valence-electron chi connectivity index (χ4n) is 1.53. The van der Waals surface area contributed by atoms with Gasteiger partial charge in [-0.1, -0.05) is 39.7 Å². The molecule has 3 nitrogen and oxygen atoms in total. The van der Waals surface area contributed by atoms with Crippen LogP contribution in [0.2, 0.25) is 5.02 Å². The van der Waals surface area contributed by atoms with Crippen molar-refractivity contribution in [2.45, 2.75) is 6.54 Å². The molecule has 2 N–H and O–H groups in total. The largest absolute Gasteiger partial charge is 0.506 e. The minimum absolute atomic E-state index is 0.0360. The number of nitrogens with one attached hydrogen (secondary N) is 1. The Labute approximate surface area is 124 Å². The number of phenols is 1. The van der Waals surface area contributed by atoms with Gasteiger partial charge in [-0.2, -0.15) is 0 Å². The van der Waals surface area contributed by atoms with Gasteiger partial charge in [-0.25, -0.2) is 0 Å². The van der Waals surface area contributed by atoms with Crippen LogP contribution < -0.4 is 5.32 Å². The predicted octanol–water partition coefficient (Wildman–Crippen LogP) is 3.74. The molecule has 98 valence electrons. The van der Waals surface area contributed by atoms with Gasteiger partial charge >= 0.3 is 0 Å². The fourth-order valence-corrected chi connectivity index (χ4v) is 1.98. The lowest BCUT2D eigenvalue weighted by molar-refractivity contribution is 0.0951. The molecule has 0 fully saturated rings. The summed E-state index contributed by atoms with van der Waals surface area (Å²) in [6, 6.07) is 12.0. The molecule has 2 aromatic carbocycles. The van der Waals surface area contributed by atoms with E-state index in [4.69, 9.17) is 11.6 Å². The Morgan fingerprint density at radius 1 is 1.21 bits per heavy atom. The number of carbonyl (C=O) groups excluding carboxylic acids is 1. The average Bonchev–Trinajstić information content (AvgIpc) is 2.41. The SMILES string of the molecule is O=C(NCc1ccc(Br)cc1)c1ccc(O)c(Cl)c1. The molecule has 0 aliphatic carbocycles. The van der Waals surface area contributed by atoms with Gasteiger partial charge < -0.3 is 10.4 Å². The van der Waals surface area contributed by atoms with E-state index in [1.54, 1.807) is 0 Å². The summed E-state index contributed by atoms with van der Waals surface area (Å²) in [7, 11) is 0. The van der Waals surface area contributed by atoms with E-state index in [1.165, 1.54) is 18.2 Å². The van der Waals surface area contributed by atoms with Crippen molar-refractivity contribution in [3.8, 4) is 5.75 Å². The number of carbonyl (C=O) groups is 1. The normalized spacial score (nSPS) is 10.2. The molecule has 19 heavy (non-hydrogen) atoms. The maximum absolute atomic E-state index is 11.9. The smallest absolute Gasteiger partial charge is 0.251 e. The maximum atomic E-state index is 11.9. The van der Waals surface area contributed by atoms with Crippen LogP contribution in [-0.4, -0.2) is 11.0 Å². The number of rotatable bonds is 3. The number of aromatic hydroxyl groups is 1. The van der Waals surface area contributed by atoms with E-state index >= 15 is 0 Å². The van der Waals surface area contributed by atoms with E-state index in [-0.39, 0.29) is 16.7 Å². The zero-order chi connectivity index (χ0) is 13.8. The Balaban J connectivity index is 2.01. The molecule has 0 radical (unpaired) electrons. The Bertz CT molecular complexity index is 599. The highest BCUT2D eigenvalue weighted by Crippen LogP contribution is 2.23. The third kappa shape index (κ3) is 3.72. The number of benzene rings is 2. The molecule has 0 aliphatic heterocycles. The van der Waals surface area contributed by atoms with E-state index in [0.29, 0.717) is 12.1 Å². The lowest BCUT2D eigenvalue weighted by atomic mass is 10.2. The van der Waals surface area contributed by atoms with E-state index in [2.05, 4.69) is 21.2 Å². The van der Waals surface area contributed by atoms with Crippen molar-refractivity contribution in [1.82, 2.24) is 5.32 Å². The van der Waals surface area contributed by atoms with Gasteiger partial charge in [-0.05, 0) is 35.9 Å². The van der Waals surface area contributed by atoms with E-state index < -0.39 is 0 Å². The van der Waals surface area contributed by atoms with Crippen molar-refractivity contribution in [3.63, 3.8) is 0 Å². The quantitative estimate of drug-likeness (QED) is 0.894. The highest BCUT2D eigenvalue weighted by Gasteiger charge is 2.07. The number of hydrogen-bond acceptors (Lipinski definition) is 2. The van der Waals surface area contributed by atoms with Crippen molar-refractivity contribution >= 4 is 33.4 Å². The molecule has 0 aliphatic rings. The van der Waals surface area contributed by atoms with Gasteiger partial charge in [-0.15, -0.1) is 0 Å². The van der Waals surface area contributed by atoms with Gasteiger partial charge in [0.1, 0.15) is 5.75 Å². The Morgan fingerprint density at radius 3 is 2.53 bits per heavy atom. The fraction of sp³-hybridized carbons (Fsp3) is 0.0714. The van der Waals surface area contributed by atoms with Gasteiger partial charge in [0.25, 0.3) is 5.91 Å². The number of halogens is 2. The minimum Gasteiger partial charge on any atom is -0.506 e. The highest BCUT2D eigenvalue weighted by molar-refractivity contribution is 9.10. The first-order chi connectivity index (χ1) is 9.06. The minimum atomic E-state index is -0.232. The van der Waals surface area contributed by atoms with E-state index in [0.717, 1.165) is 10.0 Å². The van der Waals surface area contributed by atoms with Crippen LogP contribution in [0.1, 0.15) is 15.9 Å². The second-order valence-electron chi connectivity index (χ2n) is 3.98. The molecule has 0 saturated heterocycles. The molecule has 2 rings (SSSR count). The van der Waals surface area contributed by atoms with Gasteiger partial charge in [0.15, 0.2) is 0 Å². The number of amides is 1. The molecule has 1 amide bonds. The van der Waals surface area contributed by atoms with Crippen LogP contribution in [0.4, 0.5) is 0 Å². The summed E-state index contributed by atoms with van der Waals surface area (Å²) in [5.74, 6) is -0.268. The predicted molar refractivity (Wildman–Crippen MR) is 78.4 cm³/mol. The van der Waals surface area contributed by atoms with Crippen LogP contribution in [-0.2, 0) is 6.54 Å². The van der Waals surface area contributed by atoms with Crippen molar-refractivity contribution in [1.29, 1.82) is 0 Å². The van der Waals surface area contributed by atoms with Gasteiger partial charge in [0.2, 0.25) is 0 Å². The lowest BCUT2D eigenvalue weighted by Crippen LogP contribution is -2.22. The third-order valence-corrected chi connectivity index (χ3v) is 3.41. The topological polar surface area (TPSA) is 49.3 Å². The van der Waals surface area contributed by atoms with Crippen LogP contribution in [0.25, 0.3) is 0 Å². The number of hydrogen-bond donors (Lipinski definition) is 2. The number of phenolic OH excluding ortho intramolecular Hbond substituents is 1. The van der Waals surface area contributed by atoms with Crippen molar-refractivity contribution in [2.75, 3.05) is 0 Å². The van der Waals surface area contributed by atoms with Crippen molar-refractivity contribution < 1.29 is 9.90 Å². The van der Waals surface area contributed by atoms with Gasteiger partial charge in [0, 0.05) is 16.6 Å². The highest BCUT2D eigenvalue weighted by atomic mass is 79.9. The molecule has 2 aromatic rings. The molecular formula is C14H11BrClNO2. The molecule has 0 spiro atoms. The molecule has 0 bridgehead atoms. The van der Waals surface area contributed by atoms with Gasteiger partial charge in [0.05, 0.1) is 5.02 Å². The Kier molecular flexibility index (Phi) is 4.45. The molecule has 0 atom stereocenters. The summed E-state index contributed by atoms with van der Waals surface area (Å²) in [5.41, 5.74) is 1.42. The maximum Gasteiger partial charge on any atom is 0.251 e. The average molecular weight is 341 g/mol.